The Morgan fingerprint density at radius 3 is 2.84 bits per heavy atom. The summed E-state index contributed by atoms with van der Waals surface area (Å²) in [6.07, 6.45) is 7.55. The molecule has 0 aliphatic heterocycles. The van der Waals surface area contributed by atoms with Crippen molar-refractivity contribution in [2.75, 3.05) is 13.4 Å². The predicted molar refractivity (Wildman–Crippen MR) is 104 cm³/mol. The molecule has 0 saturated carbocycles. The monoisotopic (exact) mass is 437 g/mol. The number of hydrogen-bond donors (Lipinski definition) is 0. The van der Waals surface area contributed by atoms with Crippen molar-refractivity contribution in [1.82, 2.24) is 19.5 Å². The molecule has 130 valence electrons. The Balaban J connectivity index is 2.10. The van der Waals surface area contributed by atoms with Crippen LogP contribution in [0.1, 0.15) is 5.56 Å². The average Bonchev–Trinajstić information content (AvgIpc) is 3.00. The smallest absolute Gasteiger partial charge is 0.193 e. The Hall–Kier alpha value is -1.55. The van der Waals surface area contributed by atoms with Gasteiger partial charge in [0.1, 0.15) is 6.73 Å². The van der Waals surface area contributed by atoms with Crippen LogP contribution in [0.4, 0.5) is 5.82 Å². The van der Waals surface area contributed by atoms with Crippen LogP contribution in [0.2, 0.25) is 0 Å². The summed E-state index contributed by atoms with van der Waals surface area (Å²) in [6.45, 7) is 2.41. The highest BCUT2D eigenvalue weighted by Gasteiger charge is 2.11. The highest BCUT2D eigenvalue weighted by molar-refractivity contribution is 9.10. The van der Waals surface area contributed by atoms with Crippen molar-refractivity contribution in [3.63, 3.8) is 0 Å². The van der Waals surface area contributed by atoms with Crippen LogP contribution in [0.15, 0.2) is 45.3 Å². The molecular formula is C16H16BrN5OS2. The van der Waals surface area contributed by atoms with Gasteiger partial charge in [0.05, 0.1) is 10.6 Å². The third-order valence-electron chi connectivity index (χ3n) is 3.28. The topological polar surface area (TPSA) is 65.2 Å². The minimum atomic E-state index is 0.408. The van der Waals surface area contributed by atoms with Crippen LogP contribution in [-0.4, -0.2) is 32.9 Å². The van der Waals surface area contributed by atoms with Crippen molar-refractivity contribution in [1.29, 1.82) is 0 Å². The number of thiazole rings is 1. The number of aromatic nitrogens is 4. The van der Waals surface area contributed by atoms with Gasteiger partial charge >= 0.3 is 0 Å². The van der Waals surface area contributed by atoms with Crippen LogP contribution in [-0.2, 0) is 11.5 Å². The molecule has 0 amide bonds. The molecule has 0 fully saturated rings. The Labute approximate surface area is 162 Å². The number of rotatable bonds is 5. The highest BCUT2D eigenvalue weighted by Crippen LogP contribution is 2.25. The van der Waals surface area contributed by atoms with Crippen LogP contribution in [0.5, 0.6) is 0 Å². The third-order valence-corrected chi connectivity index (χ3v) is 5.33. The van der Waals surface area contributed by atoms with Gasteiger partial charge in [0.15, 0.2) is 15.8 Å². The maximum atomic E-state index is 5.29. The van der Waals surface area contributed by atoms with Crippen molar-refractivity contribution in [3.8, 4) is 10.6 Å². The van der Waals surface area contributed by atoms with Crippen LogP contribution in [0, 0.1) is 6.92 Å². The fourth-order valence-corrected chi connectivity index (χ4v) is 3.73. The quantitative estimate of drug-likeness (QED) is 0.445. The van der Waals surface area contributed by atoms with Crippen molar-refractivity contribution < 1.29 is 4.74 Å². The van der Waals surface area contributed by atoms with Gasteiger partial charge in [0, 0.05) is 30.2 Å². The van der Waals surface area contributed by atoms with Crippen LogP contribution < -0.4 is 4.80 Å². The fraction of sp³-hybridized carbons (Fsp3) is 0.250. The van der Waals surface area contributed by atoms with Gasteiger partial charge in [-0.25, -0.2) is 19.9 Å². The number of hydrogen-bond acceptors (Lipinski definition) is 7. The first kappa shape index (κ1) is 18.2. The minimum absolute atomic E-state index is 0.408. The Morgan fingerprint density at radius 2 is 2.16 bits per heavy atom. The molecule has 0 spiro atoms. The molecule has 0 unspecified atom stereocenters. The number of thioether (sulfide) groups is 1. The lowest BCUT2D eigenvalue weighted by Crippen LogP contribution is -2.14. The molecule has 3 rings (SSSR count). The van der Waals surface area contributed by atoms with Crippen LogP contribution in [0.25, 0.3) is 10.6 Å². The number of ether oxygens (including phenoxy) is 1. The van der Waals surface area contributed by atoms with E-state index in [1.807, 2.05) is 42.3 Å². The number of halogens is 1. The summed E-state index contributed by atoms with van der Waals surface area (Å²) in [5.41, 5.74) is 1.94. The predicted octanol–water partition coefficient (Wildman–Crippen LogP) is 4.03. The largest absolute Gasteiger partial charge is 0.364 e. The van der Waals surface area contributed by atoms with Crippen molar-refractivity contribution >= 4 is 44.8 Å². The minimum Gasteiger partial charge on any atom is -0.364 e. The van der Waals surface area contributed by atoms with Gasteiger partial charge < -0.3 is 4.74 Å². The van der Waals surface area contributed by atoms with E-state index in [2.05, 4.69) is 35.9 Å². The molecule has 0 aromatic carbocycles. The van der Waals surface area contributed by atoms with Gasteiger partial charge in [0.25, 0.3) is 0 Å². The van der Waals surface area contributed by atoms with E-state index in [0.29, 0.717) is 12.5 Å². The van der Waals surface area contributed by atoms with E-state index >= 15 is 0 Å². The summed E-state index contributed by atoms with van der Waals surface area (Å²) in [5.74, 6) is 0.644. The molecule has 25 heavy (non-hydrogen) atoms. The molecule has 0 aliphatic rings. The SMILES string of the molecule is COCn1cc(-c2nc(SC)ncc2C)sc1=Nc1ccc(Br)cn1. The standard InChI is InChI=1S/C16H16BrN5OS2/c1-10-6-19-15(24-3)21-14(10)12-8-22(9-23-2)16(25-12)20-13-5-4-11(17)7-18-13/h4-8H,9H2,1-3H3. The molecule has 0 saturated heterocycles. The number of aryl methyl sites for hydroxylation is 1. The van der Waals surface area contributed by atoms with E-state index in [-0.39, 0.29) is 0 Å². The molecular weight excluding hydrogens is 422 g/mol. The highest BCUT2D eigenvalue weighted by atomic mass is 79.9. The van der Waals surface area contributed by atoms with E-state index in [9.17, 15) is 0 Å². The molecule has 0 N–H and O–H groups in total. The van der Waals surface area contributed by atoms with E-state index in [4.69, 9.17) is 4.74 Å². The van der Waals surface area contributed by atoms with Crippen molar-refractivity contribution in [3.05, 3.63) is 45.6 Å². The summed E-state index contributed by atoms with van der Waals surface area (Å²) in [6, 6.07) is 3.78. The molecule has 0 radical (unpaired) electrons. The van der Waals surface area contributed by atoms with E-state index < -0.39 is 0 Å². The zero-order valence-corrected chi connectivity index (χ0v) is 17.2. The third kappa shape index (κ3) is 4.35. The van der Waals surface area contributed by atoms with Gasteiger partial charge in [-0.15, -0.1) is 0 Å². The summed E-state index contributed by atoms with van der Waals surface area (Å²) in [4.78, 5) is 19.7. The molecule has 3 heterocycles. The number of methoxy groups -OCH3 is 1. The maximum absolute atomic E-state index is 5.29. The molecule has 0 aliphatic carbocycles. The van der Waals surface area contributed by atoms with Crippen molar-refractivity contribution in [2.24, 2.45) is 4.99 Å². The second-order valence-corrected chi connectivity index (χ2v) is 7.80. The van der Waals surface area contributed by atoms with Crippen molar-refractivity contribution in [2.45, 2.75) is 18.8 Å². The Kier molecular flexibility index (Phi) is 6.00. The van der Waals surface area contributed by atoms with Gasteiger partial charge in [0.2, 0.25) is 0 Å². The summed E-state index contributed by atoms with van der Waals surface area (Å²) < 4.78 is 8.16. The zero-order chi connectivity index (χ0) is 17.8. The Bertz CT molecular complexity index is 936. The lowest BCUT2D eigenvalue weighted by molar-refractivity contribution is 0.129. The van der Waals surface area contributed by atoms with Crippen LogP contribution >= 0.6 is 39.0 Å². The van der Waals surface area contributed by atoms with E-state index in [1.165, 1.54) is 11.8 Å². The number of nitrogens with zero attached hydrogens (tertiary/aromatic N) is 5. The Morgan fingerprint density at radius 1 is 1.32 bits per heavy atom. The first-order valence-electron chi connectivity index (χ1n) is 7.34. The lowest BCUT2D eigenvalue weighted by atomic mass is 10.2. The molecule has 0 bridgehead atoms. The second kappa shape index (κ2) is 8.22. The fourth-order valence-electron chi connectivity index (χ4n) is 2.11. The zero-order valence-electron chi connectivity index (χ0n) is 13.9. The van der Waals surface area contributed by atoms with Crippen LogP contribution in [0.3, 0.4) is 0 Å². The number of pyridine rings is 1. The molecule has 9 heteroatoms. The normalized spacial score (nSPS) is 11.9. The van der Waals surface area contributed by atoms with Gasteiger partial charge in [-0.3, -0.25) is 4.57 Å². The maximum Gasteiger partial charge on any atom is 0.193 e. The van der Waals surface area contributed by atoms with Gasteiger partial charge in [-0.2, -0.15) is 0 Å². The molecule has 3 aromatic heterocycles. The van der Waals surface area contributed by atoms with E-state index in [1.54, 1.807) is 24.6 Å². The summed E-state index contributed by atoms with van der Waals surface area (Å²) >= 11 is 6.46. The molecule has 6 nitrogen and oxygen atoms in total. The molecule has 0 atom stereocenters. The summed E-state index contributed by atoms with van der Waals surface area (Å²) in [5, 5.41) is 0.750. The first-order valence-corrected chi connectivity index (χ1v) is 10.2. The average molecular weight is 438 g/mol. The van der Waals surface area contributed by atoms with Gasteiger partial charge in [-0.1, -0.05) is 23.1 Å². The van der Waals surface area contributed by atoms with E-state index in [0.717, 1.165) is 30.6 Å². The second-order valence-electron chi connectivity index (χ2n) is 5.10. The first-order chi connectivity index (χ1) is 12.1. The van der Waals surface area contributed by atoms with Gasteiger partial charge in [-0.05, 0) is 46.8 Å². The molecule has 3 aromatic rings. The lowest BCUT2D eigenvalue weighted by Gasteiger charge is -2.03. The summed E-state index contributed by atoms with van der Waals surface area (Å²) in [7, 11) is 1.66.